The predicted octanol–water partition coefficient (Wildman–Crippen LogP) is 4.08. The highest BCUT2D eigenvalue weighted by atomic mass is 19.4. The van der Waals surface area contributed by atoms with Crippen LogP contribution in [0.1, 0.15) is 15.9 Å². The standard InChI is InChI=1S/C22H20F3NO4/c1-26(21(29)15-10-14-6-2-3-7-17(14)19(28)11-15)12-16(27)13-30-20-9-5-4-8-18(20)22(23,24)25/h2-11,16,27-28H,12-13H2,1H3. The van der Waals surface area contributed by atoms with Crippen molar-refractivity contribution in [2.75, 3.05) is 20.2 Å². The maximum absolute atomic E-state index is 13.0. The fourth-order valence-electron chi connectivity index (χ4n) is 3.10. The van der Waals surface area contributed by atoms with E-state index in [-0.39, 0.29) is 17.9 Å². The number of phenols is 1. The van der Waals surface area contributed by atoms with Gasteiger partial charge in [0.2, 0.25) is 0 Å². The van der Waals surface area contributed by atoms with Gasteiger partial charge in [0.1, 0.15) is 24.2 Å². The number of carbonyl (C=O) groups excluding carboxylic acids is 1. The Labute approximate surface area is 170 Å². The van der Waals surface area contributed by atoms with Crippen molar-refractivity contribution >= 4 is 16.7 Å². The minimum Gasteiger partial charge on any atom is -0.507 e. The first-order chi connectivity index (χ1) is 14.2. The number of aliphatic hydroxyl groups excluding tert-OH is 1. The molecule has 0 aliphatic heterocycles. The Balaban J connectivity index is 1.65. The number of benzene rings is 3. The van der Waals surface area contributed by atoms with Crippen LogP contribution in [0.25, 0.3) is 10.8 Å². The summed E-state index contributed by atoms with van der Waals surface area (Å²) in [4.78, 5) is 13.9. The number of para-hydroxylation sites is 1. The Morgan fingerprint density at radius 3 is 2.50 bits per heavy atom. The number of fused-ring (bicyclic) bond motifs is 1. The van der Waals surface area contributed by atoms with Gasteiger partial charge < -0.3 is 19.8 Å². The Kier molecular flexibility index (Phi) is 6.17. The second-order valence-corrected chi connectivity index (χ2v) is 6.86. The summed E-state index contributed by atoms with van der Waals surface area (Å²) < 4.78 is 44.2. The second kappa shape index (κ2) is 8.62. The summed E-state index contributed by atoms with van der Waals surface area (Å²) in [5.41, 5.74) is -0.711. The van der Waals surface area contributed by atoms with Crippen LogP contribution in [0.4, 0.5) is 13.2 Å². The number of hydrogen-bond acceptors (Lipinski definition) is 4. The van der Waals surface area contributed by atoms with E-state index in [1.807, 2.05) is 0 Å². The van der Waals surface area contributed by atoms with Gasteiger partial charge in [0.25, 0.3) is 5.91 Å². The van der Waals surface area contributed by atoms with Gasteiger partial charge in [0.15, 0.2) is 0 Å². The molecule has 0 radical (unpaired) electrons. The zero-order valence-electron chi connectivity index (χ0n) is 16.1. The van der Waals surface area contributed by atoms with Crippen molar-refractivity contribution in [2.45, 2.75) is 12.3 Å². The maximum Gasteiger partial charge on any atom is 0.419 e. The van der Waals surface area contributed by atoms with Crippen molar-refractivity contribution in [3.63, 3.8) is 0 Å². The summed E-state index contributed by atoms with van der Waals surface area (Å²) in [5, 5.41) is 21.6. The highest BCUT2D eigenvalue weighted by molar-refractivity contribution is 6.00. The van der Waals surface area contributed by atoms with Crippen LogP contribution in [0, 0.1) is 0 Å². The molecule has 3 rings (SSSR count). The topological polar surface area (TPSA) is 70.0 Å². The SMILES string of the molecule is CN(CC(O)COc1ccccc1C(F)(F)F)C(=O)c1cc(O)c2ccccc2c1. The minimum absolute atomic E-state index is 0.0440. The summed E-state index contributed by atoms with van der Waals surface area (Å²) in [6.07, 6.45) is -5.79. The van der Waals surface area contributed by atoms with Gasteiger partial charge in [-0.05, 0) is 29.7 Å². The summed E-state index contributed by atoms with van der Waals surface area (Å²) in [5.74, 6) is -0.888. The fourth-order valence-corrected chi connectivity index (χ4v) is 3.10. The monoisotopic (exact) mass is 419 g/mol. The molecule has 0 spiro atoms. The second-order valence-electron chi connectivity index (χ2n) is 6.86. The van der Waals surface area contributed by atoms with Crippen molar-refractivity contribution in [3.8, 4) is 11.5 Å². The molecule has 30 heavy (non-hydrogen) atoms. The minimum atomic E-state index is -4.58. The van der Waals surface area contributed by atoms with Crippen LogP contribution in [0.3, 0.4) is 0 Å². The molecular formula is C22H20F3NO4. The largest absolute Gasteiger partial charge is 0.507 e. The van der Waals surface area contributed by atoms with Gasteiger partial charge in [-0.2, -0.15) is 13.2 Å². The molecule has 3 aromatic carbocycles. The molecule has 0 saturated heterocycles. The van der Waals surface area contributed by atoms with Gasteiger partial charge in [-0.25, -0.2) is 0 Å². The number of nitrogens with zero attached hydrogens (tertiary/aromatic N) is 1. The first-order valence-electron chi connectivity index (χ1n) is 9.11. The summed E-state index contributed by atoms with van der Waals surface area (Å²) >= 11 is 0. The van der Waals surface area contributed by atoms with Crippen molar-refractivity contribution < 1.29 is 32.9 Å². The van der Waals surface area contributed by atoms with Crippen LogP contribution < -0.4 is 4.74 Å². The summed E-state index contributed by atoms with van der Waals surface area (Å²) in [6, 6.07) is 14.7. The molecule has 1 atom stereocenters. The Hall–Kier alpha value is -3.26. The number of carbonyl (C=O) groups is 1. The third kappa shape index (κ3) is 4.83. The Morgan fingerprint density at radius 1 is 1.10 bits per heavy atom. The highest BCUT2D eigenvalue weighted by Crippen LogP contribution is 2.36. The Morgan fingerprint density at radius 2 is 1.77 bits per heavy atom. The number of amides is 1. The van der Waals surface area contributed by atoms with E-state index in [1.54, 1.807) is 30.3 Å². The molecule has 0 aliphatic rings. The van der Waals surface area contributed by atoms with E-state index in [4.69, 9.17) is 4.74 Å². The number of alkyl halides is 3. The number of likely N-dealkylation sites (N-methyl/N-ethyl adjacent to an activating group) is 1. The molecule has 158 valence electrons. The van der Waals surface area contributed by atoms with Gasteiger partial charge in [-0.3, -0.25) is 4.79 Å². The molecular weight excluding hydrogens is 399 g/mol. The van der Waals surface area contributed by atoms with Gasteiger partial charge in [0, 0.05) is 24.5 Å². The number of halogens is 3. The van der Waals surface area contributed by atoms with Gasteiger partial charge in [-0.15, -0.1) is 0 Å². The molecule has 3 aromatic rings. The third-order valence-corrected chi connectivity index (χ3v) is 4.54. The van der Waals surface area contributed by atoms with E-state index < -0.39 is 36.1 Å². The fraction of sp³-hybridized carbons (Fsp3) is 0.227. The van der Waals surface area contributed by atoms with Crippen LogP contribution in [0.5, 0.6) is 11.5 Å². The molecule has 1 amide bonds. The number of hydrogen-bond donors (Lipinski definition) is 2. The summed E-state index contributed by atoms with van der Waals surface area (Å²) in [7, 11) is 1.45. The van der Waals surface area contributed by atoms with Crippen molar-refractivity contribution in [3.05, 3.63) is 71.8 Å². The molecule has 2 N–H and O–H groups in total. The van der Waals surface area contributed by atoms with Gasteiger partial charge in [-0.1, -0.05) is 36.4 Å². The van der Waals surface area contributed by atoms with Crippen molar-refractivity contribution in [2.24, 2.45) is 0 Å². The first-order valence-corrected chi connectivity index (χ1v) is 9.11. The predicted molar refractivity (Wildman–Crippen MR) is 106 cm³/mol. The molecule has 5 nitrogen and oxygen atoms in total. The zero-order chi connectivity index (χ0) is 21.9. The molecule has 0 heterocycles. The molecule has 0 aromatic heterocycles. The third-order valence-electron chi connectivity index (χ3n) is 4.54. The molecule has 1 unspecified atom stereocenters. The quantitative estimate of drug-likeness (QED) is 0.632. The average molecular weight is 419 g/mol. The van der Waals surface area contributed by atoms with Crippen LogP contribution in [0.2, 0.25) is 0 Å². The number of ether oxygens (including phenoxy) is 1. The van der Waals surface area contributed by atoms with Crippen molar-refractivity contribution in [1.29, 1.82) is 0 Å². The smallest absolute Gasteiger partial charge is 0.419 e. The van der Waals surface area contributed by atoms with E-state index in [9.17, 15) is 28.2 Å². The lowest BCUT2D eigenvalue weighted by atomic mass is 10.0. The van der Waals surface area contributed by atoms with E-state index in [0.717, 1.165) is 6.07 Å². The number of aromatic hydroxyl groups is 1. The number of rotatable bonds is 6. The molecule has 0 aliphatic carbocycles. The lowest BCUT2D eigenvalue weighted by Crippen LogP contribution is -2.37. The van der Waals surface area contributed by atoms with Gasteiger partial charge >= 0.3 is 6.18 Å². The van der Waals surface area contributed by atoms with E-state index in [1.165, 1.54) is 36.2 Å². The van der Waals surface area contributed by atoms with E-state index in [0.29, 0.717) is 10.8 Å². The normalized spacial score (nSPS) is 12.6. The summed E-state index contributed by atoms with van der Waals surface area (Å²) in [6.45, 7) is -0.589. The molecule has 8 heteroatoms. The van der Waals surface area contributed by atoms with Gasteiger partial charge in [0.05, 0.1) is 5.56 Å². The van der Waals surface area contributed by atoms with E-state index >= 15 is 0 Å². The van der Waals surface area contributed by atoms with Crippen LogP contribution in [-0.4, -0.2) is 47.3 Å². The Bertz CT molecular complexity index is 1050. The van der Waals surface area contributed by atoms with Crippen LogP contribution >= 0.6 is 0 Å². The number of aliphatic hydroxyl groups is 1. The molecule has 0 bridgehead atoms. The lowest BCUT2D eigenvalue weighted by Gasteiger charge is -2.22. The highest BCUT2D eigenvalue weighted by Gasteiger charge is 2.34. The zero-order valence-corrected chi connectivity index (χ0v) is 16.1. The molecule has 0 fully saturated rings. The maximum atomic E-state index is 13.0. The lowest BCUT2D eigenvalue weighted by molar-refractivity contribution is -0.139. The van der Waals surface area contributed by atoms with Crippen LogP contribution in [-0.2, 0) is 6.18 Å². The van der Waals surface area contributed by atoms with Crippen molar-refractivity contribution in [1.82, 2.24) is 4.90 Å². The molecule has 0 saturated carbocycles. The number of phenolic OH excluding ortho intramolecular Hbond substituents is 1. The van der Waals surface area contributed by atoms with E-state index in [2.05, 4.69) is 0 Å². The first kappa shape index (κ1) is 21.4. The van der Waals surface area contributed by atoms with Crippen LogP contribution in [0.15, 0.2) is 60.7 Å². The average Bonchev–Trinajstić information content (AvgIpc) is 2.71.